The molecule has 110 valence electrons. The van der Waals surface area contributed by atoms with Crippen LogP contribution in [0.1, 0.15) is 0 Å². The van der Waals surface area contributed by atoms with E-state index in [-0.39, 0.29) is 0 Å². The van der Waals surface area contributed by atoms with Crippen molar-refractivity contribution in [2.75, 3.05) is 0 Å². The molecule has 0 spiro atoms. The van der Waals surface area contributed by atoms with E-state index < -0.39 is 0 Å². The Morgan fingerprint density at radius 2 is 1.22 bits per heavy atom. The SMILES string of the molecule is Clc1cccc(-c2ccc(-c3cccc4ccccc34)cc2)c1. The van der Waals surface area contributed by atoms with E-state index >= 15 is 0 Å². The summed E-state index contributed by atoms with van der Waals surface area (Å²) < 4.78 is 0. The Morgan fingerprint density at radius 3 is 2.04 bits per heavy atom. The maximum atomic E-state index is 6.09. The predicted octanol–water partition coefficient (Wildman–Crippen LogP) is 6.83. The molecular formula is C22H15Cl. The van der Waals surface area contributed by atoms with Crippen molar-refractivity contribution in [1.29, 1.82) is 0 Å². The van der Waals surface area contributed by atoms with Gasteiger partial charge in [-0.25, -0.2) is 0 Å². The molecule has 0 aliphatic rings. The van der Waals surface area contributed by atoms with Crippen LogP contribution in [0, 0.1) is 0 Å². The molecule has 1 heteroatoms. The zero-order valence-electron chi connectivity index (χ0n) is 12.5. The van der Waals surface area contributed by atoms with Crippen molar-refractivity contribution in [3.8, 4) is 22.3 Å². The minimum Gasteiger partial charge on any atom is -0.0843 e. The largest absolute Gasteiger partial charge is 0.0843 e. The molecule has 0 heterocycles. The standard InChI is InChI=1S/C22H15Cl/c23-20-8-3-7-19(15-20)16-11-13-18(14-12-16)22-10-4-6-17-5-1-2-9-21(17)22/h1-15H. The second kappa shape index (κ2) is 5.91. The lowest BCUT2D eigenvalue weighted by atomic mass is 9.96. The quantitative estimate of drug-likeness (QED) is 0.380. The molecule has 0 radical (unpaired) electrons. The average Bonchev–Trinajstić information content (AvgIpc) is 2.61. The molecule has 0 atom stereocenters. The molecular weight excluding hydrogens is 300 g/mol. The zero-order valence-corrected chi connectivity index (χ0v) is 13.3. The molecule has 0 aliphatic carbocycles. The average molecular weight is 315 g/mol. The first-order chi connectivity index (χ1) is 11.3. The minimum absolute atomic E-state index is 0.764. The Hall–Kier alpha value is -2.57. The van der Waals surface area contributed by atoms with Gasteiger partial charge in [-0.3, -0.25) is 0 Å². The van der Waals surface area contributed by atoms with Crippen LogP contribution in [0.3, 0.4) is 0 Å². The number of hydrogen-bond donors (Lipinski definition) is 0. The summed E-state index contributed by atoms with van der Waals surface area (Å²) >= 11 is 6.09. The molecule has 0 saturated heterocycles. The van der Waals surface area contributed by atoms with Crippen LogP contribution in [-0.4, -0.2) is 0 Å². The smallest absolute Gasteiger partial charge is 0.0412 e. The van der Waals surface area contributed by atoms with Crippen LogP contribution in [0.2, 0.25) is 5.02 Å². The molecule has 0 amide bonds. The van der Waals surface area contributed by atoms with Crippen LogP contribution < -0.4 is 0 Å². The van der Waals surface area contributed by atoms with Crippen molar-refractivity contribution in [3.05, 3.63) is 96.0 Å². The van der Waals surface area contributed by atoms with Crippen molar-refractivity contribution in [1.82, 2.24) is 0 Å². The van der Waals surface area contributed by atoms with Crippen LogP contribution >= 0.6 is 11.6 Å². The van der Waals surface area contributed by atoms with Gasteiger partial charge in [-0.15, -0.1) is 0 Å². The summed E-state index contributed by atoms with van der Waals surface area (Å²) in [6.45, 7) is 0. The van der Waals surface area contributed by atoms with Crippen LogP contribution in [0.25, 0.3) is 33.0 Å². The van der Waals surface area contributed by atoms with Crippen LogP contribution in [0.15, 0.2) is 91.0 Å². The Balaban J connectivity index is 1.78. The summed E-state index contributed by atoms with van der Waals surface area (Å²) in [7, 11) is 0. The fraction of sp³-hybridized carbons (Fsp3) is 0. The molecule has 4 aromatic rings. The topological polar surface area (TPSA) is 0 Å². The van der Waals surface area contributed by atoms with E-state index in [1.54, 1.807) is 0 Å². The highest BCUT2D eigenvalue weighted by Gasteiger charge is 2.04. The summed E-state index contributed by atoms with van der Waals surface area (Å²) in [5.74, 6) is 0. The van der Waals surface area contributed by atoms with Crippen LogP contribution in [-0.2, 0) is 0 Å². The lowest BCUT2D eigenvalue weighted by Gasteiger charge is -2.08. The molecule has 23 heavy (non-hydrogen) atoms. The summed E-state index contributed by atoms with van der Waals surface area (Å²) in [6, 6.07) is 31.6. The molecule has 0 aliphatic heterocycles. The third kappa shape index (κ3) is 2.74. The normalized spacial score (nSPS) is 10.8. The monoisotopic (exact) mass is 314 g/mol. The second-order valence-electron chi connectivity index (χ2n) is 5.61. The molecule has 0 unspecified atom stereocenters. The predicted molar refractivity (Wildman–Crippen MR) is 99.8 cm³/mol. The number of benzene rings is 4. The molecule has 4 aromatic carbocycles. The Morgan fingerprint density at radius 1 is 0.522 bits per heavy atom. The van der Waals surface area contributed by atoms with Crippen molar-refractivity contribution >= 4 is 22.4 Å². The third-order valence-corrected chi connectivity index (χ3v) is 4.38. The highest BCUT2D eigenvalue weighted by atomic mass is 35.5. The number of rotatable bonds is 2. The Bertz CT molecular complexity index is 963. The van der Waals surface area contributed by atoms with Gasteiger partial charge < -0.3 is 0 Å². The Labute approximate surface area is 141 Å². The molecule has 0 saturated carbocycles. The van der Waals surface area contributed by atoms with Crippen molar-refractivity contribution in [2.45, 2.75) is 0 Å². The van der Waals surface area contributed by atoms with Gasteiger partial charge in [0, 0.05) is 5.02 Å². The molecule has 0 aromatic heterocycles. The number of fused-ring (bicyclic) bond motifs is 1. The first-order valence-corrected chi connectivity index (χ1v) is 8.03. The van der Waals surface area contributed by atoms with E-state index in [1.165, 1.54) is 27.5 Å². The summed E-state index contributed by atoms with van der Waals surface area (Å²) in [5, 5.41) is 3.31. The highest BCUT2D eigenvalue weighted by molar-refractivity contribution is 6.30. The maximum absolute atomic E-state index is 6.09. The van der Waals surface area contributed by atoms with Gasteiger partial charge in [-0.1, -0.05) is 90.5 Å². The van der Waals surface area contributed by atoms with E-state index in [9.17, 15) is 0 Å². The minimum atomic E-state index is 0.764. The van der Waals surface area contributed by atoms with Gasteiger partial charge in [0.2, 0.25) is 0 Å². The van der Waals surface area contributed by atoms with Crippen LogP contribution in [0.5, 0.6) is 0 Å². The van der Waals surface area contributed by atoms with E-state index in [2.05, 4.69) is 72.8 Å². The fourth-order valence-corrected chi connectivity index (χ4v) is 3.18. The van der Waals surface area contributed by atoms with Gasteiger partial charge in [0.1, 0.15) is 0 Å². The lowest BCUT2D eigenvalue weighted by molar-refractivity contribution is 1.60. The van der Waals surface area contributed by atoms with E-state index in [0.717, 1.165) is 10.6 Å². The summed E-state index contributed by atoms with van der Waals surface area (Å²) in [4.78, 5) is 0. The molecule has 4 rings (SSSR count). The number of halogens is 1. The van der Waals surface area contributed by atoms with Gasteiger partial charge >= 0.3 is 0 Å². The van der Waals surface area contributed by atoms with Gasteiger partial charge in [-0.05, 0) is 45.2 Å². The molecule has 0 bridgehead atoms. The van der Waals surface area contributed by atoms with Gasteiger partial charge in [0.15, 0.2) is 0 Å². The van der Waals surface area contributed by atoms with E-state index in [0.29, 0.717) is 0 Å². The summed E-state index contributed by atoms with van der Waals surface area (Å²) in [6.07, 6.45) is 0. The Kier molecular flexibility index (Phi) is 3.61. The third-order valence-electron chi connectivity index (χ3n) is 4.14. The fourth-order valence-electron chi connectivity index (χ4n) is 2.99. The van der Waals surface area contributed by atoms with Crippen molar-refractivity contribution in [2.24, 2.45) is 0 Å². The first-order valence-electron chi connectivity index (χ1n) is 7.65. The van der Waals surface area contributed by atoms with E-state index in [1.807, 2.05) is 18.2 Å². The van der Waals surface area contributed by atoms with Crippen molar-refractivity contribution < 1.29 is 0 Å². The van der Waals surface area contributed by atoms with E-state index in [4.69, 9.17) is 11.6 Å². The molecule has 0 fully saturated rings. The first kappa shape index (κ1) is 14.0. The lowest BCUT2D eigenvalue weighted by Crippen LogP contribution is -1.82. The van der Waals surface area contributed by atoms with Crippen LogP contribution in [0.4, 0.5) is 0 Å². The summed E-state index contributed by atoms with van der Waals surface area (Å²) in [5.41, 5.74) is 4.81. The molecule has 0 N–H and O–H groups in total. The molecule has 0 nitrogen and oxygen atoms in total. The zero-order chi connectivity index (χ0) is 15.6. The second-order valence-corrected chi connectivity index (χ2v) is 6.05. The highest BCUT2D eigenvalue weighted by Crippen LogP contribution is 2.30. The van der Waals surface area contributed by atoms with Gasteiger partial charge in [0.05, 0.1) is 0 Å². The van der Waals surface area contributed by atoms with Crippen molar-refractivity contribution in [3.63, 3.8) is 0 Å². The maximum Gasteiger partial charge on any atom is 0.0412 e. The van der Waals surface area contributed by atoms with Gasteiger partial charge in [0.25, 0.3) is 0 Å². The number of hydrogen-bond acceptors (Lipinski definition) is 0. The van der Waals surface area contributed by atoms with Gasteiger partial charge in [-0.2, -0.15) is 0 Å².